The molecule has 0 saturated heterocycles. The molecule has 4 heteroatoms. The Labute approximate surface area is 192 Å². The number of benzene rings is 3. The molecule has 160 valence electrons. The Bertz CT molecular complexity index is 947. The molecule has 0 unspecified atom stereocenters. The minimum absolute atomic E-state index is 0. The summed E-state index contributed by atoms with van der Waals surface area (Å²) in [7, 11) is 0. The maximum absolute atomic E-state index is 10.1. The Morgan fingerprint density at radius 2 is 1.29 bits per heavy atom. The molecule has 0 N–H and O–H groups in total. The van der Waals surface area contributed by atoms with Gasteiger partial charge in [-0.25, -0.2) is 0 Å². The van der Waals surface area contributed by atoms with Crippen LogP contribution >= 0.6 is 12.4 Å². The maximum atomic E-state index is 10.1. The van der Waals surface area contributed by atoms with Gasteiger partial charge in [0, 0.05) is 12.1 Å². The SMILES string of the molecule is CCN(CC)CCOc1ccc(C(C#N)=C(c2ccccc2)c2ccccc2)cc1.Cl. The van der Waals surface area contributed by atoms with Gasteiger partial charge in [0.15, 0.2) is 0 Å². The fourth-order valence-electron chi connectivity index (χ4n) is 3.48. The lowest BCUT2D eigenvalue weighted by Crippen LogP contribution is -2.27. The average molecular weight is 433 g/mol. The first-order valence-electron chi connectivity index (χ1n) is 10.5. The van der Waals surface area contributed by atoms with E-state index in [9.17, 15) is 5.26 Å². The van der Waals surface area contributed by atoms with Gasteiger partial charge in [-0.15, -0.1) is 12.4 Å². The van der Waals surface area contributed by atoms with Crippen molar-refractivity contribution < 1.29 is 4.74 Å². The summed E-state index contributed by atoms with van der Waals surface area (Å²) >= 11 is 0. The number of allylic oxidation sites excluding steroid dienone is 1. The summed E-state index contributed by atoms with van der Waals surface area (Å²) in [6.45, 7) is 7.93. The Balaban J connectivity index is 0.00000341. The van der Waals surface area contributed by atoms with Crippen LogP contribution in [0.25, 0.3) is 11.1 Å². The lowest BCUT2D eigenvalue weighted by Gasteiger charge is -2.18. The second-order valence-corrected chi connectivity index (χ2v) is 6.99. The van der Waals surface area contributed by atoms with Crippen LogP contribution in [0.4, 0.5) is 0 Å². The molecule has 0 aromatic heterocycles. The second kappa shape index (κ2) is 12.6. The molecular formula is C27H29ClN2O. The van der Waals surface area contributed by atoms with Gasteiger partial charge >= 0.3 is 0 Å². The summed E-state index contributed by atoms with van der Waals surface area (Å²) in [4.78, 5) is 2.33. The van der Waals surface area contributed by atoms with Gasteiger partial charge in [-0.3, -0.25) is 0 Å². The van der Waals surface area contributed by atoms with E-state index >= 15 is 0 Å². The molecule has 0 spiro atoms. The number of likely N-dealkylation sites (N-methyl/N-ethyl adjacent to an activating group) is 1. The minimum Gasteiger partial charge on any atom is -0.492 e. The summed E-state index contributed by atoms with van der Waals surface area (Å²) in [6.07, 6.45) is 0. The largest absolute Gasteiger partial charge is 0.492 e. The monoisotopic (exact) mass is 432 g/mol. The third kappa shape index (κ3) is 6.46. The first-order valence-corrected chi connectivity index (χ1v) is 10.5. The van der Waals surface area contributed by atoms with E-state index in [1.165, 1.54) is 0 Å². The van der Waals surface area contributed by atoms with E-state index < -0.39 is 0 Å². The van der Waals surface area contributed by atoms with E-state index in [-0.39, 0.29) is 12.4 Å². The molecule has 0 aliphatic carbocycles. The van der Waals surface area contributed by atoms with E-state index in [2.05, 4.69) is 24.8 Å². The van der Waals surface area contributed by atoms with Gasteiger partial charge in [0.25, 0.3) is 0 Å². The van der Waals surface area contributed by atoms with Gasteiger partial charge in [0.05, 0.1) is 5.57 Å². The number of ether oxygens (including phenoxy) is 1. The molecule has 3 nitrogen and oxygen atoms in total. The van der Waals surface area contributed by atoms with E-state index in [0.717, 1.165) is 47.6 Å². The predicted molar refractivity (Wildman–Crippen MR) is 131 cm³/mol. The number of nitriles is 1. The van der Waals surface area contributed by atoms with Crippen molar-refractivity contribution in [2.24, 2.45) is 0 Å². The van der Waals surface area contributed by atoms with Gasteiger partial charge < -0.3 is 9.64 Å². The smallest absolute Gasteiger partial charge is 0.119 e. The lowest BCUT2D eigenvalue weighted by molar-refractivity contribution is 0.223. The molecule has 0 heterocycles. The number of hydrogen-bond donors (Lipinski definition) is 0. The van der Waals surface area contributed by atoms with Crippen molar-refractivity contribution >= 4 is 23.6 Å². The van der Waals surface area contributed by atoms with E-state index in [4.69, 9.17) is 4.74 Å². The van der Waals surface area contributed by atoms with E-state index in [1.54, 1.807) is 0 Å². The van der Waals surface area contributed by atoms with Gasteiger partial charge in [-0.1, -0.05) is 74.5 Å². The number of halogens is 1. The van der Waals surface area contributed by atoms with Crippen molar-refractivity contribution in [3.8, 4) is 11.8 Å². The van der Waals surface area contributed by atoms with Crippen LogP contribution in [-0.4, -0.2) is 31.1 Å². The number of nitrogens with zero attached hydrogens (tertiary/aromatic N) is 2. The van der Waals surface area contributed by atoms with E-state index in [0.29, 0.717) is 12.2 Å². The van der Waals surface area contributed by atoms with Crippen molar-refractivity contribution in [2.75, 3.05) is 26.2 Å². The van der Waals surface area contributed by atoms with Gasteiger partial charge in [-0.05, 0) is 54.0 Å². The normalized spacial score (nSPS) is 10.1. The molecule has 0 saturated carbocycles. The zero-order chi connectivity index (χ0) is 21.2. The molecule has 0 radical (unpaired) electrons. The zero-order valence-corrected chi connectivity index (χ0v) is 18.9. The first-order chi connectivity index (χ1) is 14.8. The molecule has 3 aromatic rings. The third-order valence-corrected chi connectivity index (χ3v) is 5.20. The molecule has 31 heavy (non-hydrogen) atoms. The van der Waals surface area contributed by atoms with Crippen molar-refractivity contribution in [1.29, 1.82) is 5.26 Å². The molecule has 0 atom stereocenters. The summed E-state index contributed by atoms with van der Waals surface area (Å²) in [6, 6.07) is 30.4. The highest BCUT2D eigenvalue weighted by Gasteiger charge is 2.14. The summed E-state index contributed by atoms with van der Waals surface area (Å²) < 4.78 is 5.90. The molecular weight excluding hydrogens is 404 g/mol. The van der Waals surface area contributed by atoms with Crippen LogP contribution in [0.1, 0.15) is 30.5 Å². The Morgan fingerprint density at radius 1 is 0.774 bits per heavy atom. The van der Waals surface area contributed by atoms with Crippen molar-refractivity contribution in [1.82, 2.24) is 4.90 Å². The summed E-state index contributed by atoms with van der Waals surface area (Å²) in [5, 5.41) is 10.1. The molecule has 0 amide bonds. The number of rotatable bonds is 9. The van der Waals surface area contributed by atoms with Crippen LogP contribution in [0.5, 0.6) is 5.75 Å². The molecule has 0 aliphatic rings. The van der Waals surface area contributed by atoms with Gasteiger partial charge in [0.1, 0.15) is 18.4 Å². The molecule has 0 fully saturated rings. The molecule has 0 aliphatic heterocycles. The highest BCUT2D eigenvalue weighted by atomic mass is 35.5. The highest BCUT2D eigenvalue weighted by Crippen LogP contribution is 2.32. The van der Waals surface area contributed by atoms with Crippen LogP contribution in [0, 0.1) is 11.3 Å². The highest BCUT2D eigenvalue weighted by molar-refractivity contribution is 6.03. The lowest BCUT2D eigenvalue weighted by atomic mass is 9.90. The fraction of sp³-hybridized carbons (Fsp3) is 0.222. The number of hydrogen-bond acceptors (Lipinski definition) is 3. The van der Waals surface area contributed by atoms with Crippen LogP contribution in [0.3, 0.4) is 0 Å². The Hall–Kier alpha value is -3.06. The third-order valence-electron chi connectivity index (χ3n) is 5.20. The van der Waals surface area contributed by atoms with Crippen molar-refractivity contribution in [3.05, 3.63) is 102 Å². The minimum atomic E-state index is 0. The molecule has 3 rings (SSSR count). The fourth-order valence-corrected chi connectivity index (χ4v) is 3.48. The topological polar surface area (TPSA) is 36.3 Å². The Kier molecular flexibility index (Phi) is 9.84. The summed E-state index contributed by atoms with van der Waals surface area (Å²) in [5.41, 5.74) is 4.53. The summed E-state index contributed by atoms with van der Waals surface area (Å²) in [5.74, 6) is 0.823. The van der Waals surface area contributed by atoms with Crippen molar-refractivity contribution in [3.63, 3.8) is 0 Å². The van der Waals surface area contributed by atoms with Crippen LogP contribution in [0.15, 0.2) is 84.9 Å². The van der Waals surface area contributed by atoms with Crippen molar-refractivity contribution in [2.45, 2.75) is 13.8 Å². The quantitative estimate of drug-likeness (QED) is 0.293. The zero-order valence-electron chi connectivity index (χ0n) is 18.1. The van der Waals surface area contributed by atoms with Gasteiger partial charge in [-0.2, -0.15) is 5.26 Å². The van der Waals surface area contributed by atoms with Crippen LogP contribution in [-0.2, 0) is 0 Å². The van der Waals surface area contributed by atoms with Crippen LogP contribution < -0.4 is 4.74 Å². The maximum Gasteiger partial charge on any atom is 0.119 e. The first kappa shape index (κ1) is 24.2. The molecule has 0 bridgehead atoms. The van der Waals surface area contributed by atoms with Crippen LogP contribution in [0.2, 0.25) is 0 Å². The van der Waals surface area contributed by atoms with E-state index in [1.807, 2.05) is 84.9 Å². The second-order valence-electron chi connectivity index (χ2n) is 6.99. The predicted octanol–water partition coefficient (Wildman–Crippen LogP) is 6.31. The molecule has 3 aromatic carbocycles. The average Bonchev–Trinajstić information content (AvgIpc) is 2.82. The van der Waals surface area contributed by atoms with Gasteiger partial charge in [0.2, 0.25) is 0 Å². The Morgan fingerprint density at radius 3 is 1.74 bits per heavy atom. The standard InChI is InChI=1S/C27H28N2O.ClH/c1-3-29(4-2)19-20-30-25-17-15-22(16-18-25)26(21-28)27(23-11-7-5-8-12-23)24-13-9-6-10-14-24;/h5-18H,3-4,19-20H2,1-2H3;1H.